The van der Waals surface area contributed by atoms with Crippen LogP contribution in [0.2, 0.25) is 0 Å². The molecule has 21 heavy (non-hydrogen) atoms. The summed E-state index contributed by atoms with van der Waals surface area (Å²) in [7, 11) is 0. The summed E-state index contributed by atoms with van der Waals surface area (Å²) in [6.07, 6.45) is 1.81. The maximum Gasteiger partial charge on any atom is 0.241 e. The van der Waals surface area contributed by atoms with E-state index in [0.717, 1.165) is 31.3 Å². The van der Waals surface area contributed by atoms with Gasteiger partial charge in [-0.05, 0) is 6.92 Å². The molecule has 0 bridgehead atoms. The lowest BCUT2D eigenvalue weighted by molar-refractivity contribution is -0.119. The first-order valence-corrected chi connectivity index (χ1v) is 7.54. The summed E-state index contributed by atoms with van der Waals surface area (Å²) in [6.45, 7) is 5.90. The molecule has 1 fully saturated rings. The Bertz CT molecular complexity index is 458. The third-order valence-electron chi connectivity index (χ3n) is 3.05. The third-order valence-corrected chi connectivity index (χ3v) is 3.88. The zero-order chi connectivity index (χ0) is 14.4. The summed E-state index contributed by atoms with van der Waals surface area (Å²) in [5.41, 5.74) is 5.92. The van der Waals surface area contributed by atoms with E-state index in [4.69, 9.17) is 5.73 Å². The molecule has 7 nitrogen and oxygen atoms in total. The Labute approximate surface area is 145 Å². The van der Waals surface area contributed by atoms with Gasteiger partial charge in [0.15, 0.2) is 11.1 Å². The SMILES string of the molecule is CCNC(=O)CN=C(N)N1CCN(c2nccs2)CC1.I. The minimum atomic E-state index is -0.100. The highest BCUT2D eigenvalue weighted by atomic mass is 127. The Morgan fingerprint density at radius 1 is 1.48 bits per heavy atom. The number of carbonyl (C=O) groups is 1. The summed E-state index contributed by atoms with van der Waals surface area (Å²) in [5.74, 6) is 0.340. The van der Waals surface area contributed by atoms with Gasteiger partial charge in [0.05, 0.1) is 0 Å². The predicted octanol–water partition coefficient (Wildman–Crippen LogP) is 0.334. The monoisotopic (exact) mass is 424 g/mol. The molecule has 1 aromatic rings. The summed E-state index contributed by atoms with van der Waals surface area (Å²) in [5, 5.41) is 5.71. The number of piperazine rings is 1. The first-order valence-electron chi connectivity index (χ1n) is 6.66. The maximum atomic E-state index is 11.3. The summed E-state index contributed by atoms with van der Waals surface area (Å²) < 4.78 is 0. The third kappa shape index (κ3) is 5.30. The number of hydrogen-bond acceptors (Lipinski definition) is 5. The molecule has 0 spiro atoms. The van der Waals surface area contributed by atoms with Crippen LogP contribution in [0.15, 0.2) is 16.6 Å². The Morgan fingerprint density at radius 2 is 2.19 bits per heavy atom. The molecule has 1 aromatic heterocycles. The second kappa shape index (κ2) is 9.03. The molecule has 118 valence electrons. The van der Waals surface area contributed by atoms with E-state index in [1.54, 1.807) is 11.3 Å². The fourth-order valence-electron chi connectivity index (χ4n) is 2.00. The largest absolute Gasteiger partial charge is 0.370 e. The van der Waals surface area contributed by atoms with Crippen molar-refractivity contribution in [2.75, 3.05) is 44.2 Å². The molecule has 9 heteroatoms. The van der Waals surface area contributed by atoms with Crippen molar-refractivity contribution in [2.45, 2.75) is 6.92 Å². The summed E-state index contributed by atoms with van der Waals surface area (Å²) >= 11 is 1.64. The van der Waals surface area contributed by atoms with E-state index >= 15 is 0 Å². The second-order valence-corrected chi connectivity index (χ2v) is 5.29. The van der Waals surface area contributed by atoms with Crippen molar-refractivity contribution >= 4 is 52.3 Å². The predicted molar refractivity (Wildman–Crippen MR) is 96.5 cm³/mol. The number of hydrogen-bond donors (Lipinski definition) is 2. The van der Waals surface area contributed by atoms with Crippen molar-refractivity contribution in [3.63, 3.8) is 0 Å². The highest BCUT2D eigenvalue weighted by Gasteiger charge is 2.19. The highest BCUT2D eigenvalue weighted by Crippen LogP contribution is 2.18. The smallest absolute Gasteiger partial charge is 0.241 e. The van der Waals surface area contributed by atoms with Gasteiger partial charge in [-0.25, -0.2) is 9.98 Å². The van der Waals surface area contributed by atoms with E-state index in [1.165, 1.54) is 0 Å². The van der Waals surface area contributed by atoms with Crippen molar-refractivity contribution in [2.24, 2.45) is 10.7 Å². The van der Waals surface area contributed by atoms with Crippen LogP contribution in [0.1, 0.15) is 6.92 Å². The first-order chi connectivity index (χ1) is 9.70. The summed E-state index contributed by atoms with van der Waals surface area (Å²) in [4.78, 5) is 24.0. The zero-order valence-corrected chi connectivity index (χ0v) is 15.1. The fraction of sp³-hybridized carbons (Fsp3) is 0.583. The van der Waals surface area contributed by atoms with Gasteiger partial charge in [-0.3, -0.25) is 4.79 Å². The Hall–Kier alpha value is -1.10. The number of guanidine groups is 1. The van der Waals surface area contributed by atoms with Gasteiger partial charge in [-0.1, -0.05) is 0 Å². The molecule has 2 rings (SSSR count). The lowest BCUT2D eigenvalue weighted by atomic mass is 10.3. The lowest BCUT2D eigenvalue weighted by Gasteiger charge is -2.35. The van der Waals surface area contributed by atoms with Gasteiger partial charge in [0, 0.05) is 44.3 Å². The Kier molecular flexibility index (Phi) is 7.72. The molecule has 1 saturated heterocycles. The van der Waals surface area contributed by atoms with E-state index < -0.39 is 0 Å². The summed E-state index contributed by atoms with van der Waals surface area (Å²) in [6, 6.07) is 0. The van der Waals surface area contributed by atoms with Gasteiger partial charge in [-0.2, -0.15) is 0 Å². The first kappa shape index (κ1) is 18.0. The van der Waals surface area contributed by atoms with E-state index in [-0.39, 0.29) is 36.4 Å². The molecular formula is C12H21IN6OS. The Morgan fingerprint density at radius 3 is 2.76 bits per heavy atom. The van der Waals surface area contributed by atoms with Crippen molar-refractivity contribution in [3.05, 3.63) is 11.6 Å². The topological polar surface area (TPSA) is 86.8 Å². The highest BCUT2D eigenvalue weighted by molar-refractivity contribution is 14.0. The van der Waals surface area contributed by atoms with Crippen molar-refractivity contribution in [3.8, 4) is 0 Å². The molecule has 3 N–H and O–H groups in total. The lowest BCUT2D eigenvalue weighted by Crippen LogP contribution is -2.51. The van der Waals surface area contributed by atoms with E-state index in [2.05, 4.69) is 20.2 Å². The number of anilines is 1. The van der Waals surface area contributed by atoms with Crippen molar-refractivity contribution < 1.29 is 4.79 Å². The van der Waals surface area contributed by atoms with Gasteiger partial charge >= 0.3 is 0 Å². The van der Waals surface area contributed by atoms with Gasteiger partial charge in [0.2, 0.25) is 5.91 Å². The number of carbonyl (C=O) groups excluding carboxylic acids is 1. The van der Waals surface area contributed by atoms with Crippen LogP contribution in [0.25, 0.3) is 0 Å². The van der Waals surface area contributed by atoms with Gasteiger partial charge in [0.1, 0.15) is 6.54 Å². The molecule has 2 heterocycles. The zero-order valence-electron chi connectivity index (χ0n) is 12.0. The fourth-order valence-corrected chi connectivity index (χ4v) is 2.70. The maximum absolute atomic E-state index is 11.3. The van der Waals surface area contributed by atoms with E-state index in [0.29, 0.717) is 12.5 Å². The molecule has 1 aliphatic heterocycles. The van der Waals surface area contributed by atoms with Gasteiger partial charge in [-0.15, -0.1) is 35.3 Å². The molecule has 0 saturated carbocycles. The van der Waals surface area contributed by atoms with E-state index in [1.807, 2.05) is 23.4 Å². The molecule has 0 aromatic carbocycles. The average molecular weight is 424 g/mol. The number of halogens is 1. The van der Waals surface area contributed by atoms with Crippen LogP contribution < -0.4 is 16.0 Å². The molecule has 0 unspecified atom stereocenters. The van der Waals surface area contributed by atoms with Crippen LogP contribution in [-0.2, 0) is 4.79 Å². The number of nitrogens with one attached hydrogen (secondary N) is 1. The number of thiazole rings is 1. The molecule has 1 aliphatic rings. The second-order valence-electron chi connectivity index (χ2n) is 4.42. The standard InChI is InChI=1S/C12H20N6OS.HI/c1-2-14-10(19)9-16-11(13)17-4-6-18(7-5-17)12-15-3-8-20-12;/h3,8H,2,4-7,9H2,1H3,(H2,13,16)(H,14,19);1H. The van der Waals surface area contributed by atoms with Crippen LogP contribution >= 0.6 is 35.3 Å². The minimum Gasteiger partial charge on any atom is -0.370 e. The minimum absolute atomic E-state index is 0. The van der Waals surface area contributed by atoms with Crippen molar-refractivity contribution in [1.82, 2.24) is 15.2 Å². The van der Waals surface area contributed by atoms with Gasteiger partial charge < -0.3 is 20.9 Å². The average Bonchev–Trinajstić information content (AvgIpc) is 2.99. The van der Waals surface area contributed by atoms with Crippen LogP contribution in [-0.4, -0.2) is 61.0 Å². The number of rotatable bonds is 4. The normalized spacial score (nSPS) is 15.6. The van der Waals surface area contributed by atoms with Gasteiger partial charge in [0.25, 0.3) is 0 Å². The van der Waals surface area contributed by atoms with E-state index in [9.17, 15) is 4.79 Å². The Balaban J connectivity index is 0.00000220. The van der Waals surface area contributed by atoms with Crippen LogP contribution in [0, 0.1) is 0 Å². The molecule has 0 radical (unpaired) electrons. The molecule has 1 amide bonds. The van der Waals surface area contributed by atoms with Crippen LogP contribution in [0.3, 0.4) is 0 Å². The molecular weight excluding hydrogens is 403 g/mol. The number of nitrogens with zero attached hydrogens (tertiary/aromatic N) is 4. The number of amides is 1. The number of likely N-dealkylation sites (N-methyl/N-ethyl adjacent to an activating group) is 1. The molecule has 0 aliphatic carbocycles. The van der Waals surface area contributed by atoms with Crippen LogP contribution in [0.5, 0.6) is 0 Å². The number of aliphatic imine (C=N–C) groups is 1. The van der Waals surface area contributed by atoms with Crippen LogP contribution in [0.4, 0.5) is 5.13 Å². The number of aromatic nitrogens is 1. The van der Waals surface area contributed by atoms with Crippen molar-refractivity contribution in [1.29, 1.82) is 0 Å². The molecule has 0 atom stereocenters. The quantitative estimate of drug-likeness (QED) is 0.414. The number of nitrogens with two attached hydrogens (primary N) is 1.